The molecule has 0 saturated heterocycles. The molecule has 0 aliphatic heterocycles. The highest BCUT2D eigenvalue weighted by atomic mass is 32.2. The maximum atomic E-state index is 12.4. The van der Waals surface area contributed by atoms with Gasteiger partial charge in [0.2, 0.25) is 5.91 Å². The van der Waals surface area contributed by atoms with E-state index < -0.39 is 0 Å². The molecule has 2 aromatic rings. The van der Waals surface area contributed by atoms with E-state index in [9.17, 15) is 4.79 Å². The van der Waals surface area contributed by atoms with Gasteiger partial charge in [-0.15, -0.1) is 11.8 Å². The van der Waals surface area contributed by atoms with Crippen LogP contribution in [0.5, 0.6) is 0 Å². The number of rotatable bonds is 6. The topological polar surface area (TPSA) is 56.1 Å². The van der Waals surface area contributed by atoms with E-state index in [4.69, 9.17) is 5.26 Å². The zero-order valence-electron chi connectivity index (χ0n) is 14.1. The summed E-state index contributed by atoms with van der Waals surface area (Å²) < 4.78 is 0. The standard InChI is InChI=1S/C19H21N3OS/c1-14(19(23)21-18-7-5-4-6-16(18)12-20)22(2)13-15-8-10-17(24-3)11-9-15/h4-11,14H,13H2,1-3H3,(H,21,23)/t14-/m0/s1. The molecule has 0 bridgehead atoms. The summed E-state index contributed by atoms with van der Waals surface area (Å²) in [4.78, 5) is 15.7. The smallest absolute Gasteiger partial charge is 0.241 e. The van der Waals surface area contributed by atoms with Crippen molar-refractivity contribution in [1.29, 1.82) is 5.26 Å². The van der Waals surface area contributed by atoms with Gasteiger partial charge in [-0.3, -0.25) is 9.69 Å². The summed E-state index contributed by atoms with van der Waals surface area (Å²) in [5.41, 5.74) is 2.18. The maximum absolute atomic E-state index is 12.4. The van der Waals surface area contributed by atoms with Crippen molar-refractivity contribution >= 4 is 23.4 Å². The molecule has 0 aliphatic rings. The molecule has 2 aromatic carbocycles. The fourth-order valence-electron chi connectivity index (χ4n) is 2.28. The van der Waals surface area contributed by atoms with Crippen molar-refractivity contribution in [3.63, 3.8) is 0 Å². The van der Waals surface area contributed by atoms with E-state index in [-0.39, 0.29) is 11.9 Å². The first-order chi connectivity index (χ1) is 11.5. The molecule has 0 heterocycles. The normalized spacial score (nSPS) is 11.8. The lowest BCUT2D eigenvalue weighted by molar-refractivity contribution is -0.120. The maximum Gasteiger partial charge on any atom is 0.241 e. The molecule has 0 fully saturated rings. The van der Waals surface area contributed by atoms with E-state index in [2.05, 4.69) is 35.7 Å². The average molecular weight is 339 g/mol. The van der Waals surface area contributed by atoms with Crippen LogP contribution in [0.2, 0.25) is 0 Å². The number of nitrogens with zero attached hydrogens (tertiary/aromatic N) is 2. The van der Waals surface area contributed by atoms with Gasteiger partial charge in [0.1, 0.15) is 6.07 Å². The largest absolute Gasteiger partial charge is 0.324 e. The molecule has 0 radical (unpaired) electrons. The molecule has 1 amide bonds. The van der Waals surface area contributed by atoms with Crippen LogP contribution in [0.15, 0.2) is 53.4 Å². The Morgan fingerprint density at radius 2 is 1.92 bits per heavy atom. The van der Waals surface area contributed by atoms with Gasteiger partial charge in [0.15, 0.2) is 0 Å². The number of likely N-dealkylation sites (N-methyl/N-ethyl adjacent to an activating group) is 1. The van der Waals surface area contributed by atoms with Gasteiger partial charge >= 0.3 is 0 Å². The van der Waals surface area contributed by atoms with Crippen molar-refractivity contribution in [3.05, 3.63) is 59.7 Å². The molecule has 0 aromatic heterocycles. The second-order valence-corrected chi connectivity index (χ2v) is 6.47. The molecule has 124 valence electrons. The Bertz CT molecular complexity index is 737. The fourth-order valence-corrected chi connectivity index (χ4v) is 2.69. The predicted molar refractivity (Wildman–Crippen MR) is 98.9 cm³/mol. The SMILES string of the molecule is CSc1ccc(CN(C)[C@@H](C)C(=O)Nc2ccccc2C#N)cc1. The number of nitriles is 1. The molecule has 24 heavy (non-hydrogen) atoms. The summed E-state index contributed by atoms with van der Waals surface area (Å²) in [6, 6.07) is 17.1. The number of benzene rings is 2. The lowest BCUT2D eigenvalue weighted by Gasteiger charge is -2.24. The van der Waals surface area contributed by atoms with Crippen LogP contribution in [-0.2, 0) is 11.3 Å². The van der Waals surface area contributed by atoms with Crippen molar-refractivity contribution < 1.29 is 4.79 Å². The van der Waals surface area contributed by atoms with Crippen molar-refractivity contribution in [2.24, 2.45) is 0 Å². The Morgan fingerprint density at radius 3 is 2.54 bits per heavy atom. The monoisotopic (exact) mass is 339 g/mol. The van der Waals surface area contributed by atoms with Gasteiger partial charge in [-0.25, -0.2) is 0 Å². The molecule has 2 rings (SSSR count). The zero-order valence-corrected chi connectivity index (χ0v) is 14.9. The highest BCUT2D eigenvalue weighted by Crippen LogP contribution is 2.17. The Morgan fingerprint density at radius 1 is 1.25 bits per heavy atom. The van der Waals surface area contributed by atoms with Crippen molar-refractivity contribution in [2.45, 2.75) is 24.4 Å². The Labute approximate surface area is 147 Å². The minimum Gasteiger partial charge on any atom is -0.324 e. The molecule has 0 spiro atoms. The third-order valence-electron chi connectivity index (χ3n) is 3.94. The third-order valence-corrected chi connectivity index (χ3v) is 4.68. The first-order valence-electron chi connectivity index (χ1n) is 7.68. The van der Waals surface area contributed by atoms with Gasteiger partial charge in [0.05, 0.1) is 17.3 Å². The molecule has 0 aliphatic carbocycles. The zero-order chi connectivity index (χ0) is 17.5. The van der Waals surface area contributed by atoms with Crippen LogP contribution in [0, 0.1) is 11.3 Å². The van der Waals surface area contributed by atoms with E-state index >= 15 is 0 Å². The van der Waals surface area contributed by atoms with Crippen LogP contribution in [0.4, 0.5) is 5.69 Å². The van der Waals surface area contributed by atoms with Crippen molar-refractivity contribution in [1.82, 2.24) is 4.90 Å². The van der Waals surface area contributed by atoms with Crippen molar-refractivity contribution in [3.8, 4) is 6.07 Å². The molecule has 0 unspecified atom stereocenters. The van der Waals surface area contributed by atoms with E-state index in [1.165, 1.54) is 4.90 Å². The lowest BCUT2D eigenvalue weighted by atomic mass is 10.1. The molecule has 4 nitrogen and oxygen atoms in total. The second-order valence-electron chi connectivity index (χ2n) is 5.59. The summed E-state index contributed by atoms with van der Waals surface area (Å²) in [5.74, 6) is -0.124. The number of hydrogen-bond acceptors (Lipinski definition) is 4. The Hall–Kier alpha value is -2.29. The minimum absolute atomic E-state index is 0.124. The molecule has 0 saturated carbocycles. The average Bonchev–Trinajstić information content (AvgIpc) is 2.62. The van der Waals surface area contributed by atoms with Crippen LogP contribution in [-0.4, -0.2) is 30.2 Å². The molecule has 1 atom stereocenters. The lowest BCUT2D eigenvalue weighted by Crippen LogP contribution is -2.39. The molecular formula is C19H21N3OS. The summed E-state index contributed by atoms with van der Waals surface area (Å²) in [6.07, 6.45) is 2.05. The quantitative estimate of drug-likeness (QED) is 0.815. The number of anilines is 1. The molecule has 1 N–H and O–H groups in total. The van der Waals surface area contributed by atoms with Crippen LogP contribution < -0.4 is 5.32 Å². The van der Waals surface area contributed by atoms with Crippen molar-refractivity contribution in [2.75, 3.05) is 18.6 Å². The van der Waals surface area contributed by atoms with Gasteiger partial charge in [0, 0.05) is 11.4 Å². The van der Waals surface area contributed by atoms with Gasteiger partial charge < -0.3 is 5.32 Å². The number of nitrogens with one attached hydrogen (secondary N) is 1. The van der Waals surface area contributed by atoms with E-state index in [1.54, 1.807) is 36.0 Å². The predicted octanol–water partition coefficient (Wildman–Crippen LogP) is 3.74. The van der Waals surface area contributed by atoms with Crippen LogP contribution in [0.1, 0.15) is 18.1 Å². The first kappa shape index (κ1) is 18.1. The van der Waals surface area contributed by atoms with E-state index in [0.29, 0.717) is 17.8 Å². The Kier molecular flexibility index (Phi) is 6.42. The van der Waals surface area contributed by atoms with E-state index in [0.717, 1.165) is 5.56 Å². The molecular weight excluding hydrogens is 318 g/mol. The summed E-state index contributed by atoms with van der Waals surface area (Å²) in [6.45, 7) is 2.55. The second kappa shape index (κ2) is 8.53. The number of hydrogen-bond donors (Lipinski definition) is 1. The summed E-state index contributed by atoms with van der Waals surface area (Å²) in [7, 11) is 1.92. The highest BCUT2D eigenvalue weighted by molar-refractivity contribution is 7.98. The van der Waals surface area contributed by atoms with Crippen LogP contribution >= 0.6 is 11.8 Å². The highest BCUT2D eigenvalue weighted by Gasteiger charge is 2.19. The van der Waals surface area contributed by atoms with Crippen LogP contribution in [0.25, 0.3) is 0 Å². The summed E-state index contributed by atoms with van der Waals surface area (Å²) in [5, 5.41) is 11.9. The number of carbonyl (C=O) groups excluding carboxylic acids is 1. The number of amides is 1. The number of para-hydroxylation sites is 1. The fraction of sp³-hybridized carbons (Fsp3) is 0.263. The van der Waals surface area contributed by atoms with Gasteiger partial charge in [-0.05, 0) is 50.1 Å². The molecule has 5 heteroatoms. The van der Waals surface area contributed by atoms with Gasteiger partial charge in [0.25, 0.3) is 0 Å². The number of carbonyl (C=O) groups is 1. The van der Waals surface area contributed by atoms with Gasteiger partial charge in [-0.1, -0.05) is 24.3 Å². The van der Waals surface area contributed by atoms with E-state index in [1.807, 2.05) is 25.1 Å². The Balaban J connectivity index is 2.00. The summed E-state index contributed by atoms with van der Waals surface area (Å²) >= 11 is 1.71. The third kappa shape index (κ3) is 4.60. The minimum atomic E-state index is -0.308. The first-order valence-corrected chi connectivity index (χ1v) is 8.90. The van der Waals surface area contributed by atoms with Gasteiger partial charge in [-0.2, -0.15) is 5.26 Å². The van der Waals surface area contributed by atoms with Crippen LogP contribution in [0.3, 0.4) is 0 Å². The number of thioether (sulfide) groups is 1.